The maximum Gasteiger partial charge on any atom is 0.352 e. The van der Waals surface area contributed by atoms with E-state index in [1.165, 1.54) is 28.4 Å². The second kappa shape index (κ2) is 9.65. The van der Waals surface area contributed by atoms with Crippen molar-refractivity contribution in [2.75, 3.05) is 18.8 Å². The minimum Gasteiger partial charge on any atom is -0.477 e. The largest absolute Gasteiger partial charge is 0.477 e. The molecule has 0 radical (unpaired) electrons. The molecule has 2 N–H and O–H groups in total. The van der Waals surface area contributed by atoms with Gasteiger partial charge in [0.2, 0.25) is 11.8 Å². The zero-order valence-corrected chi connectivity index (χ0v) is 20.7. The van der Waals surface area contributed by atoms with Crippen LogP contribution in [0.4, 0.5) is 0 Å². The third-order valence-electron chi connectivity index (χ3n) is 6.43. The predicted octanol–water partition coefficient (Wildman–Crippen LogP) is 1.26. The first kappa shape index (κ1) is 23.9. The van der Waals surface area contributed by atoms with Gasteiger partial charge in [-0.3, -0.25) is 19.3 Å². The fourth-order valence-electron chi connectivity index (χ4n) is 4.38. The lowest BCUT2D eigenvalue weighted by atomic mass is 10.0. The summed E-state index contributed by atoms with van der Waals surface area (Å²) in [6.07, 6.45) is 7.71. The third kappa shape index (κ3) is 4.81. The number of aliphatic carboxylic acids is 1. The van der Waals surface area contributed by atoms with Crippen LogP contribution in [0.1, 0.15) is 26.2 Å². The van der Waals surface area contributed by atoms with Crippen LogP contribution in [-0.4, -0.2) is 84.1 Å². The number of carboxylic acid groups (broad SMARTS) is 1. The van der Waals surface area contributed by atoms with Crippen molar-refractivity contribution in [3.05, 3.63) is 41.4 Å². The number of amides is 3. The lowest BCUT2D eigenvalue weighted by Gasteiger charge is -2.49. The van der Waals surface area contributed by atoms with Crippen molar-refractivity contribution in [1.82, 2.24) is 25.1 Å². The van der Waals surface area contributed by atoms with Gasteiger partial charge in [0.1, 0.15) is 17.1 Å². The van der Waals surface area contributed by atoms with Gasteiger partial charge in [-0.2, -0.15) is 0 Å². The Morgan fingerprint density at radius 3 is 2.74 bits per heavy atom. The normalized spacial score (nSPS) is 26.0. The molecule has 10 nitrogen and oxygen atoms in total. The summed E-state index contributed by atoms with van der Waals surface area (Å²) < 4.78 is 0. The molecule has 0 spiro atoms. The van der Waals surface area contributed by atoms with Crippen molar-refractivity contribution in [3.63, 3.8) is 0 Å². The summed E-state index contributed by atoms with van der Waals surface area (Å²) >= 11 is 2.56. The fourth-order valence-corrected chi connectivity index (χ4v) is 6.42. The van der Waals surface area contributed by atoms with Crippen LogP contribution >= 0.6 is 23.5 Å². The van der Waals surface area contributed by atoms with E-state index in [2.05, 4.69) is 15.3 Å². The van der Waals surface area contributed by atoms with Crippen LogP contribution in [0.2, 0.25) is 0 Å². The van der Waals surface area contributed by atoms with Gasteiger partial charge >= 0.3 is 5.97 Å². The second-order valence-electron chi connectivity index (χ2n) is 8.98. The molecule has 2 saturated heterocycles. The number of carbonyl (C=O) groups excluding carboxylic acids is 3. The van der Waals surface area contributed by atoms with Crippen LogP contribution in [0, 0.1) is 5.92 Å². The molecule has 12 heteroatoms. The van der Waals surface area contributed by atoms with Gasteiger partial charge in [0.05, 0.1) is 5.25 Å². The lowest BCUT2D eigenvalue weighted by molar-refractivity contribution is -0.150. The van der Waals surface area contributed by atoms with Crippen LogP contribution < -0.4 is 5.32 Å². The summed E-state index contributed by atoms with van der Waals surface area (Å²) in [4.78, 5) is 61.7. The molecular formula is C23H25N5O5S2. The van der Waals surface area contributed by atoms with Gasteiger partial charge in [-0.25, -0.2) is 14.8 Å². The van der Waals surface area contributed by atoms with E-state index in [-0.39, 0.29) is 17.5 Å². The van der Waals surface area contributed by atoms with Crippen LogP contribution in [0.25, 0.3) is 0 Å². The maximum atomic E-state index is 12.9. The number of hydrogen-bond donors (Lipinski definition) is 2. The number of nitrogens with one attached hydrogen (secondary N) is 1. The molecule has 184 valence electrons. The number of hydrogen-bond acceptors (Lipinski definition) is 8. The van der Waals surface area contributed by atoms with E-state index in [1.54, 1.807) is 31.5 Å². The molecule has 0 bridgehead atoms. The first-order valence-electron chi connectivity index (χ1n) is 11.5. The highest BCUT2D eigenvalue weighted by molar-refractivity contribution is 8.00. The van der Waals surface area contributed by atoms with Crippen molar-refractivity contribution in [2.45, 2.75) is 48.0 Å². The van der Waals surface area contributed by atoms with Gasteiger partial charge < -0.3 is 15.3 Å². The molecule has 0 aromatic carbocycles. The number of carbonyl (C=O) groups is 4. The Balaban J connectivity index is 1.27. The van der Waals surface area contributed by atoms with Crippen LogP contribution in [0.15, 0.2) is 46.5 Å². The summed E-state index contributed by atoms with van der Waals surface area (Å²) in [6.45, 7) is 3.10. The number of nitrogens with zero attached hydrogens (tertiary/aromatic N) is 4. The van der Waals surface area contributed by atoms with Crippen LogP contribution in [-0.2, 0) is 19.2 Å². The van der Waals surface area contributed by atoms with Crippen molar-refractivity contribution >= 4 is 47.2 Å². The average Bonchev–Trinajstić information content (AvgIpc) is 3.61. The number of rotatable bonds is 8. The zero-order valence-electron chi connectivity index (χ0n) is 19.0. The Hall–Kier alpha value is -2.86. The number of carboxylic acids is 1. The van der Waals surface area contributed by atoms with Crippen molar-refractivity contribution in [1.29, 1.82) is 0 Å². The second-order valence-corrected chi connectivity index (χ2v) is 11.4. The fraction of sp³-hybridized carbons (Fsp3) is 0.478. The molecular weight excluding hydrogens is 490 g/mol. The molecule has 4 aliphatic rings. The van der Waals surface area contributed by atoms with Gasteiger partial charge in [-0.1, -0.05) is 11.8 Å². The molecule has 3 amide bonds. The molecule has 1 saturated carbocycles. The molecule has 1 aliphatic carbocycles. The average molecular weight is 516 g/mol. The third-order valence-corrected chi connectivity index (χ3v) is 8.72. The molecule has 3 fully saturated rings. The lowest BCUT2D eigenvalue weighted by Crippen LogP contribution is -2.71. The SMILES string of the molecule is CC(Sc1ncccn1)C(=O)N[C@@H]1C(=O)N2C(C(=O)O)=C(/C=C3\CCN(CC4CC4)C3=O)CS[C@H]12. The highest BCUT2D eigenvalue weighted by Crippen LogP contribution is 2.41. The molecule has 1 unspecified atom stereocenters. The van der Waals surface area contributed by atoms with E-state index >= 15 is 0 Å². The van der Waals surface area contributed by atoms with Crippen molar-refractivity contribution in [2.24, 2.45) is 5.92 Å². The van der Waals surface area contributed by atoms with E-state index in [4.69, 9.17) is 0 Å². The predicted molar refractivity (Wildman–Crippen MR) is 129 cm³/mol. The standard InChI is InChI=1S/C23H25N5O5S2/c1-12(35-23-24-6-2-7-25-23)18(29)26-16-20(31)28-17(22(32)33)15(11-34-21(16)28)9-14-5-8-27(19(14)30)10-13-3-4-13/h2,6-7,9,12-13,16,21H,3-5,8,10-11H2,1H3,(H,26,29)(H,32,33)/b14-9+/t12?,16-,21-/m1/s1. The molecule has 5 rings (SSSR count). The summed E-state index contributed by atoms with van der Waals surface area (Å²) in [7, 11) is 0. The topological polar surface area (TPSA) is 133 Å². The highest BCUT2D eigenvalue weighted by Gasteiger charge is 2.54. The quantitative estimate of drug-likeness (QED) is 0.227. The number of allylic oxidation sites excluding steroid dienone is 1. The van der Waals surface area contributed by atoms with Crippen LogP contribution in [0.5, 0.6) is 0 Å². The smallest absolute Gasteiger partial charge is 0.352 e. The first-order valence-corrected chi connectivity index (χ1v) is 13.4. The van der Waals surface area contributed by atoms with E-state index in [9.17, 15) is 24.3 Å². The number of aromatic nitrogens is 2. The van der Waals surface area contributed by atoms with E-state index < -0.39 is 28.5 Å². The minimum atomic E-state index is -1.22. The Labute approximate surface area is 210 Å². The van der Waals surface area contributed by atoms with Crippen molar-refractivity contribution < 1.29 is 24.3 Å². The number of likely N-dealkylation sites (tertiary alicyclic amines) is 1. The maximum absolute atomic E-state index is 12.9. The van der Waals surface area contributed by atoms with E-state index in [0.717, 1.165) is 19.4 Å². The van der Waals surface area contributed by atoms with Gasteiger partial charge in [0.15, 0.2) is 5.16 Å². The summed E-state index contributed by atoms with van der Waals surface area (Å²) in [5.41, 5.74) is 0.939. The number of thioether (sulfide) groups is 2. The van der Waals surface area contributed by atoms with Crippen molar-refractivity contribution in [3.8, 4) is 0 Å². The summed E-state index contributed by atoms with van der Waals surface area (Å²) in [6, 6.07) is 0.874. The summed E-state index contributed by atoms with van der Waals surface area (Å²) in [5, 5.41) is 12.1. The Kier molecular flexibility index (Phi) is 6.58. The molecule has 35 heavy (non-hydrogen) atoms. The molecule has 1 aromatic heterocycles. The minimum absolute atomic E-state index is 0.0461. The zero-order chi connectivity index (χ0) is 24.7. The van der Waals surface area contributed by atoms with Gasteiger partial charge in [-0.05, 0) is 49.8 Å². The Morgan fingerprint density at radius 2 is 2.06 bits per heavy atom. The monoisotopic (exact) mass is 515 g/mol. The van der Waals surface area contributed by atoms with Gasteiger partial charge in [0, 0.05) is 36.8 Å². The highest BCUT2D eigenvalue weighted by atomic mass is 32.2. The first-order chi connectivity index (χ1) is 16.8. The molecule has 1 aromatic rings. The number of fused-ring (bicyclic) bond motifs is 1. The summed E-state index contributed by atoms with van der Waals surface area (Å²) in [5.74, 6) is -1.15. The Bertz CT molecular complexity index is 1140. The van der Waals surface area contributed by atoms with E-state index in [0.29, 0.717) is 40.9 Å². The van der Waals surface area contributed by atoms with Gasteiger partial charge in [0.25, 0.3) is 5.91 Å². The number of β-lactam (4-membered cyclic amide) rings is 1. The van der Waals surface area contributed by atoms with Crippen LogP contribution in [0.3, 0.4) is 0 Å². The molecule has 3 aliphatic heterocycles. The van der Waals surface area contributed by atoms with E-state index in [1.807, 2.05) is 4.90 Å². The molecule has 3 atom stereocenters. The molecule has 4 heterocycles. The Morgan fingerprint density at radius 1 is 1.31 bits per heavy atom. The van der Waals surface area contributed by atoms with Gasteiger partial charge in [-0.15, -0.1) is 11.8 Å².